The second kappa shape index (κ2) is 6.86. The standard InChI is InChI=1S/C9H18O4/c1-3-8(11)5-4-6-13-9(12)7(2)10/h7-8,10-11H,3-6H2,1-2H3. The number of carbonyl (C=O) groups excluding carboxylic acids is 1. The lowest BCUT2D eigenvalue weighted by atomic mass is 10.1. The molecule has 4 nitrogen and oxygen atoms in total. The minimum Gasteiger partial charge on any atom is -0.464 e. The summed E-state index contributed by atoms with van der Waals surface area (Å²) in [4.78, 5) is 10.7. The van der Waals surface area contributed by atoms with Crippen molar-refractivity contribution in [3.63, 3.8) is 0 Å². The van der Waals surface area contributed by atoms with Gasteiger partial charge in [-0.25, -0.2) is 4.79 Å². The molecule has 2 atom stereocenters. The van der Waals surface area contributed by atoms with Crippen LogP contribution in [0, 0.1) is 0 Å². The molecular weight excluding hydrogens is 172 g/mol. The highest BCUT2D eigenvalue weighted by Gasteiger charge is 2.09. The average molecular weight is 190 g/mol. The van der Waals surface area contributed by atoms with Gasteiger partial charge in [-0.05, 0) is 26.2 Å². The molecule has 0 aromatic heterocycles. The maximum Gasteiger partial charge on any atom is 0.334 e. The van der Waals surface area contributed by atoms with Crippen molar-refractivity contribution in [2.45, 2.75) is 45.3 Å². The van der Waals surface area contributed by atoms with Gasteiger partial charge in [-0.1, -0.05) is 6.92 Å². The van der Waals surface area contributed by atoms with Crippen LogP contribution in [0.25, 0.3) is 0 Å². The number of carbonyl (C=O) groups is 1. The highest BCUT2D eigenvalue weighted by atomic mass is 16.5. The van der Waals surface area contributed by atoms with E-state index in [9.17, 15) is 4.79 Å². The third-order valence-corrected chi connectivity index (χ3v) is 1.74. The molecule has 2 N–H and O–H groups in total. The molecule has 0 aliphatic heterocycles. The lowest BCUT2D eigenvalue weighted by Gasteiger charge is -2.08. The summed E-state index contributed by atoms with van der Waals surface area (Å²) in [6, 6.07) is 0. The van der Waals surface area contributed by atoms with Crippen LogP contribution < -0.4 is 0 Å². The minimum atomic E-state index is -1.06. The van der Waals surface area contributed by atoms with Crippen molar-refractivity contribution < 1.29 is 19.7 Å². The molecule has 0 bridgehead atoms. The van der Waals surface area contributed by atoms with Gasteiger partial charge >= 0.3 is 5.97 Å². The van der Waals surface area contributed by atoms with Gasteiger partial charge in [0.25, 0.3) is 0 Å². The van der Waals surface area contributed by atoms with Crippen molar-refractivity contribution in [2.75, 3.05) is 6.61 Å². The van der Waals surface area contributed by atoms with E-state index in [4.69, 9.17) is 14.9 Å². The Morgan fingerprint density at radius 1 is 1.46 bits per heavy atom. The second-order valence-corrected chi connectivity index (χ2v) is 3.05. The molecule has 0 aromatic rings. The van der Waals surface area contributed by atoms with E-state index in [1.165, 1.54) is 6.92 Å². The van der Waals surface area contributed by atoms with Crippen LogP contribution in [0.1, 0.15) is 33.1 Å². The summed E-state index contributed by atoms with van der Waals surface area (Å²) in [7, 11) is 0. The molecule has 0 spiro atoms. The summed E-state index contributed by atoms with van der Waals surface area (Å²) in [5.41, 5.74) is 0. The summed E-state index contributed by atoms with van der Waals surface area (Å²) < 4.78 is 4.70. The first-order chi connectivity index (χ1) is 6.07. The number of aliphatic hydroxyl groups excluding tert-OH is 2. The van der Waals surface area contributed by atoms with Gasteiger partial charge in [0.15, 0.2) is 0 Å². The smallest absolute Gasteiger partial charge is 0.334 e. The fourth-order valence-electron chi connectivity index (χ4n) is 0.816. The van der Waals surface area contributed by atoms with E-state index in [1.54, 1.807) is 0 Å². The van der Waals surface area contributed by atoms with Crippen molar-refractivity contribution in [3.05, 3.63) is 0 Å². The van der Waals surface area contributed by atoms with Gasteiger partial charge in [0.1, 0.15) is 6.10 Å². The van der Waals surface area contributed by atoms with Crippen LogP contribution in [-0.2, 0) is 9.53 Å². The number of hydrogen-bond acceptors (Lipinski definition) is 4. The second-order valence-electron chi connectivity index (χ2n) is 3.05. The Kier molecular flexibility index (Phi) is 6.54. The Morgan fingerprint density at radius 3 is 2.54 bits per heavy atom. The van der Waals surface area contributed by atoms with Crippen molar-refractivity contribution in [1.82, 2.24) is 0 Å². The Morgan fingerprint density at radius 2 is 2.08 bits per heavy atom. The van der Waals surface area contributed by atoms with Crippen LogP contribution in [-0.4, -0.2) is 35.0 Å². The van der Waals surface area contributed by atoms with E-state index in [0.717, 1.165) is 0 Å². The molecule has 0 fully saturated rings. The average Bonchev–Trinajstić information content (AvgIpc) is 2.11. The largest absolute Gasteiger partial charge is 0.464 e. The van der Waals surface area contributed by atoms with Crippen LogP contribution >= 0.6 is 0 Å². The molecule has 0 heterocycles. The third kappa shape index (κ3) is 6.54. The molecule has 13 heavy (non-hydrogen) atoms. The molecule has 0 saturated carbocycles. The molecular formula is C9H18O4. The lowest BCUT2D eigenvalue weighted by molar-refractivity contribution is -0.152. The molecule has 0 rings (SSSR count). The van der Waals surface area contributed by atoms with Crippen molar-refractivity contribution in [2.24, 2.45) is 0 Å². The van der Waals surface area contributed by atoms with Gasteiger partial charge in [-0.2, -0.15) is 0 Å². The highest BCUT2D eigenvalue weighted by molar-refractivity contribution is 5.73. The summed E-state index contributed by atoms with van der Waals surface area (Å²) in [6.45, 7) is 3.52. The Hall–Kier alpha value is -0.610. The Balaban J connectivity index is 3.31. The number of esters is 1. The van der Waals surface area contributed by atoms with Crippen LogP contribution in [0.4, 0.5) is 0 Å². The van der Waals surface area contributed by atoms with Crippen LogP contribution in [0.15, 0.2) is 0 Å². The fraction of sp³-hybridized carbons (Fsp3) is 0.889. The first kappa shape index (κ1) is 12.4. The summed E-state index contributed by atoms with van der Waals surface area (Å²) in [5.74, 6) is -0.606. The van der Waals surface area contributed by atoms with Gasteiger partial charge < -0.3 is 14.9 Å². The van der Waals surface area contributed by atoms with E-state index >= 15 is 0 Å². The first-order valence-electron chi connectivity index (χ1n) is 4.60. The SMILES string of the molecule is CCC(O)CCCOC(=O)C(C)O. The Labute approximate surface area is 78.5 Å². The van der Waals surface area contributed by atoms with Crippen molar-refractivity contribution in [1.29, 1.82) is 0 Å². The fourth-order valence-corrected chi connectivity index (χ4v) is 0.816. The monoisotopic (exact) mass is 190 g/mol. The first-order valence-corrected chi connectivity index (χ1v) is 4.60. The van der Waals surface area contributed by atoms with Crippen molar-refractivity contribution in [3.8, 4) is 0 Å². The molecule has 0 aliphatic rings. The molecule has 78 valence electrons. The van der Waals surface area contributed by atoms with E-state index < -0.39 is 12.1 Å². The predicted molar refractivity (Wildman–Crippen MR) is 48.2 cm³/mol. The molecule has 2 unspecified atom stereocenters. The van der Waals surface area contributed by atoms with Crippen LogP contribution in [0.3, 0.4) is 0 Å². The highest BCUT2D eigenvalue weighted by Crippen LogP contribution is 2.01. The molecule has 0 aliphatic carbocycles. The minimum absolute atomic E-state index is 0.265. The lowest BCUT2D eigenvalue weighted by Crippen LogP contribution is -2.20. The number of rotatable bonds is 6. The summed E-state index contributed by atoms with van der Waals surface area (Å²) in [5, 5.41) is 17.9. The molecule has 4 heteroatoms. The third-order valence-electron chi connectivity index (χ3n) is 1.74. The van der Waals surface area contributed by atoms with E-state index in [-0.39, 0.29) is 12.7 Å². The number of hydrogen-bond donors (Lipinski definition) is 2. The normalized spacial score (nSPS) is 15.1. The summed E-state index contributed by atoms with van der Waals surface area (Å²) >= 11 is 0. The zero-order valence-electron chi connectivity index (χ0n) is 8.19. The van der Waals surface area contributed by atoms with E-state index in [0.29, 0.717) is 19.3 Å². The van der Waals surface area contributed by atoms with Gasteiger partial charge in [-0.15, -0.1) is 0 Å². The maximum absolute atomic E-state index is 10.7. The number of ether oxygens (including phenoxy) is 1. The number of aliphatic hydroxyl groups is 2. The molecule has 0 radical (unpaired) electrons. The van der Waals surface area contributed by atoms with Gasteiger partial charge in [0.05, 0.1) is 12.7 Å². The van der Waals surface area contributed by atoms with Crippen LogP contribution in [0.2, 0.25) is 0 Å². The maximum atomic E-state index is 10.7. The zero-order valence-corrected chi connectivity index (χ0v) is 8.19. The van der Waals surface area contributed by atoms with Crippen molar-refractivity contribution >= 4 is 5.97 Å². The predicted octanol–water partition coefficient (Wildman–Crippen LogP) is 0.461. The topological polar surface area (TPSA) is 66.8 Å². The van der Waals surface area contributed by atoms with Gasteiger partial charge in [-0.3, -0.25) is 0 Å². The molecule has 0 aromatic carbocycles. The summed E-state index contributed by atoms with van der Waals surface area (Å²) in [6.07, 6.45) is 0.600. The quantitative estimate of drug-likeness (QED) is 0.471. The molecule has 0 amide bonds. The van der Waals surface area contributed by atoms with E-state index in [1.807, 2.05) is 6.92 Å². The molecule has 0 saturated heterocycles. The van der Waals surface area contributed by atoms with Gasteiger partial charge in [0, 0.05) is 0 Å². The van der Waals surface area contributed by atoms with Crippen LogP contribution in [0.5, 0.6) is 0 Å². The zero-order chi connectivity index (χ0) is 10.3. The van der Waals surface area contributed by atoms with E-state index in [2.05, 4.69) is 0 Å². The van der Waals surface area contributed by atoms with Gasteiger partial charge in [0.2, 0.25) is 0 Å². The Bertz CT molecular complexity index is 145.